The number of likely N-dealkylation sites (tertiary alicyclic amines) is 1. The van der Waals surface area contributed by atoms with Crippen LogP contribution in [0.3, 0.4) is 0 Å². The number of fused-ring (bicyclic) bond motifs is 1. The first kappa shape index (κ1) is 22.5. The number of rotatable bonds is 4. The molecule has 7 nitrogen and oxygen atoms in total. The fourth-order valence-corrected chi connectivity index (χ4v) is 5.22. The Bertz CT molecular complexity index is 1290. The highest BCUT2D eigenvalue weighted by Crippen LogP contribution is 2.31. The summed E-state index contributed by atoms with van der Waals surface area (Å²) < 4.78 is 27.8. The minimum absolute atomic E-state index is 0.193. The molecule has 0 spiro atoms. The molecule has 9 heteroatoms. The molecule has 2 fully saturated rings. The van der Waals surface area contributed by atoms with Gasteiger partial charge in [-0.3, -0.25) is 14.5 Å². The highest BCUT2D eigenvalue weighted by Gasteiger charge is 2.32. The molecule has 178 valence electrons. The smallest absolute Gasteiger partial charge is 0.272 e. The second-order valence-electron chi connectivity index (χ2n) is 9.09. The molecule has 0 aliphatic carbocycles. The molecule has 34 heavy (non-hydrogen) atoms. The van der Waals surface area contributed by atoms with Gasteiger partial charge in [-0.05, 0) is 49.4 Å². The number of carbonyl (C=O) groups is 1. The van der Waals surface area contributed by atoms with Gasteiger partial charge in [0.15, 0.2) is 11.5 Å². The number of nitrogens with one attached hydrogen (secondary N) is 2. The number of aromatic nitrogens is 2. The molecule has 2 N–H and O–H groups in total. The van der Waals surface area contributed by atoms with E-state index in [2.05, 4.69) is 25.1 Å². The molecule has 1 unspecified atom stereocenters. The normalized spacial score (nSPS) is 19.6. The van der Waals surface area contributed by atoms with Crippen molar-refractivity contribution in [2.45, 2.75) is 31.2 Å². The van der Waals surface area contributed by atoms with Crippen LogP contribution in [0, 0.1) is 11.6 Å². The summed E-state index contributed by atoms with van der Waals surface area (Å²) >= 11 is 0. The van der Waals surface area contributed by atoms with Gasteiger partial charge in [-0.25, -0.2) is 13.8 Å². The number of amides is 1. The highest BCUT2D eigenvalue weighted by atomic mass is 19.1. The third-order valence-corrected chi connectivity index (χ3v) is 7.10. The fraction of sp³-hybridized carbons (Fsp3) is 0.400. The van der Waals surface area contributed by atoms with Gasteiger partial charge in [-0.1, -0.05) is 6.07 Å². The molecular formula is C25H27F2N5O2. The maximum absolute atomic E-state index is 14.3. The van der Waals surface area contributed by atoms with Gasteiger partial charge in [0, 0.05) is 55.8 Å². The van der Waals surface area contributed by atoms with E-state index in [9.17, 15) is 18.4 Å². The summed E-state index contributed by atoms with van der Waals surface area (Å²) in [4.78, 5) is 35.7. The van der Waals surface area contributed by atoms with Crippen molar-refractivity contribution in [1.29, 1.82) is 0 Å². The predicted octanol–water partition coefficient (Wildman–Crippen LogP) is 3.02. The Morgan fingerprint density at radius 3 is 2.65 bits per heavy atom. The molecule has 1 amide bonds. The van der Waals surface area contributed by atoms with Crippen molar-refractivity contribution in [1.82, 2.24) is 20.2 Å². The van der Waals surface area contributed by atoms with Gasteiger partial charge in [0.1, 0.15) is 5.82 Å². The molecule has 2 aromatic heterocycles. The molecule has 0 saturated carbocycles. The van der Waals surface area contributed by atoms with E-state index in [0.29, 0.717) is 17.1 Å². The summed E-state index contributed by atoms with van der Waals surface area (Å²) in [6.45, 7) is 3.38. The number of aromatic amines is 1. The van der Waals surface area contributed by atoms with Crippen molar-refractivity contribution >= 4 is 22.4 Å². The lowest BCUT2D eigenvalue weighted by Gasteiger charge is -2.37. The first-order valence-electron chi connectivity index (χ1n) is 11.6. The molecule has 4 heterocycles. The van der Waals surface area contributed by atoms with E-state index in [1.165, 1.54) is 25.2 Å². The molecule has 0 radical (unpaired) electrons. The zero-order chi connectivity index (χ0) is 23.8. The van der Waals surface area contributed by atoms with E-state index in [1.807, 2.05) is 6.07 Å². The van der Waals surface area contributed by atoms with E-state index in [4.69, 9.17) is 0 Å². The highest BCUT2D eigenvalue weighted by molar-refractivity contribution is 5.92. The van der Waals surface area contributed by atoms with Gasteiger partial charge in [0.05, 0.1) is 11.9 Å². The largest absolute Gasteiger partial charge is 0.370 e. The Hall–Kier alpha value is -3.33. The molecule has 0 bridgehead atoms. The van der Waals surface area contributed by atoms with Crippen molar-refractivity contribution in [3.8, 4) is 0 Å². The Morgan fingerprint density at radius 2 is 1.91 bits per heavy atom. The predicted molar refractivity (Wildman–Crippen MR) is 126 cm³/mol. The second-order valence-corrected chi connectivity index (χ2v) is 9.09. The topological polar surface area (TPSA) is 81.3 Å². The number of hydrogen-bond acceptors (Lipinski definition) is 5. The molecule has 2 aliphatic rings. The molecular weight excluding hydrogens is 440 g/mol. The van der Waals surface area contributed by atoms with Crippen LogP contribution in [0.2, 0.25) is 0 Å². The lowest BCUT2D eigenvalue weighted by molar-refractivity contribution is 0.0953. The van der Waals surface area contributed by atoms with E-state index in [0.717, 1.165) is 56.5 Å². The van der Waals surface area contributed by atoms with Crippen molar-refractivity contribution in [2.75, 3.05) is 38.1 Å². The number of hydrogen-bond donors (Lipinski definition) is 2. The number of piperidine rings is 1. The SMILES string of the molecule is CNC(=O)c1ncc(N2CCC(N3CCC(c4cc5ccc(F)cc5c(=O)[nH]4)C3)CC2)cc1F. The van der Waals surface area contributed by atoms with Crippen molar-refractivity contribution in [2.24, 2.45) is 0 Å². The number of carbonyl (C=O) groups excluding carboxylic acids is 1. The summed E-state index contributed by atoms with van der Waals surface area (Å²) in [5.41, 5.74) is 1.15. The minimum Gasteiger partial charge on any atom is -0.370 e. The third kappa shape index (κ3) is 4.27. The van der Waals surface area contributed by atoms with E-state index >= 15 is 0 Å². The average molecular weight is 468 g/mol. The van der Waals surface area contributed by atoms with Crippen LogP contribution in [0.15, 0.2) is 41.3 Å². The van der Waals surface area contributed by atoms with Gasteiger partial charge in [0.2, 0.25) is 0 Å². The summed E-state index contributed by atoms with van der Waals surface area (Å²) in [7, 11) is 1.45. The van der Waals surface area contributed by atoms with E-state index < -0.39 is 17.5 Å². The average Bonchev–Trinajstić information content (AvgIpc) is 3.34. The summed E-state index contributed by atoms with van der Waals surface area (Å²) in [5, 5.41) is 3.53. The Balaban J connectivity index is 1.22. The molecule has 3 aromatic rings. The third-order valence-electron chi connectivity index (χ3n) is 7.10. The number of anilines is 1. The minimum atomic E-state index is -0.617. The van der Waals surface area contributed by atoms with Gasteiger partial charge in [-0.15, -0.1) is 0 Å². The molecule has 5 rings (SSSR count). The summed E-state index contributed by atoms with van der Waals surface area (Å²) in [6, 6.07) is 8.09. The van der Waals surface area contributed by atoms with Crippen LogP contribution in [-0.2, 0) is 0 Å². The molecule has 1 aromatic carbocycles. The Labute approximate surface area is 195 Å². The Morgan fingerprint density at radius 1 is 1.12 bits per heavy atom. The van der Waals surface area contributed by atoms with Crippen LogP contribution in [0.25, 0.3) is 10.8 Å². The molecule has 2 saturated heterocycles. The van der Waals surface area contributed by atoms with Gasteiger partial charge < -0.3 is 15.2 Å². The van der Waals surface area contributed by atoms with Crippen LogP contribution in [0.5, 0.6) is 0 Å². The van der Waals surface area contributed by atoms with Gasteiger partial charge in [-0.2, -0.15) is 0 Å². The van der Waals surface area contributed by atoms with E-state index in [1.54, 1.807) is 12.3 Å². The van der Waals surface area contributed by atoms with Crippen molar-refractivity contribution in [3.63, 3.8) is 0 Å². The van der Waals surface area contributed by atoms with Crippen LogP contribution in [0.1, 0.15) is 41.4 Å². The van der Waals surface area contributed by atoms with Crippen LogP contribution in [-0.4, -0.2) is 60.0 Å². The molecule has 1 atom stereocenters. The number of nitrogens with zero attached hydrogens (tertiary/aromatic N) is 3. The zero-order valence-corrected chi connectivity index (χ0v) is 19.0. The van der Waals surface area contributed by atoms with Crippen molar-refractivity contribution in [3.05, 3.63) is 69.9 Å². The van der Waals surface area contributed by atoms with Crippen LogP contribution in [0.4, 0.5) is 14.5 Å². The first-order valence-corrected chi connectivity index (χ1v) is 11.6. The van der Waals surface area contributed by atoms with Crippen molar-refractivity contribution < 1.29 is 13.6 Å². The monoisotopic (exact) mass is 467 g/mol. The standard InChI is InChI=1S/C25H27F2N5O2/c1-28-25(34)23-21(27)12-19(13-29-23)31-8-5-18(6-9-31)32-7-4-16(14-32)22-10-15-2-3-17(26)11-20(15)24(33)30-22/h2-3,10-13,16,18H,4-9,14H2,1H3,(H,28,34)(H,30,33). The molecule has 2 aliphatic heterocycles. The number of H-pyrrole nitrogens is 1. The number of halogens is 2. The quantitative estimate of drug-likeness (QED) is 0.617. The van der Waals surface area contributed by atoms with Gasteiger partial charge >= 0.3 is 0 Å². The lowest BCUT2D eigenvalue weighted by atomic mass is 10.0. The maximum Gasteiger partial charge on any atom is 0.272 e. The first-order chi connectivity index (χ1) is 16.4. The van der Waals surface area contributed by atoms with E-state index in [-0.39, 0.29) is 17.2 Å². The fourth-order valence-electron chi connectivity index (χ4n) is 5.22. The Kier molecular flexibility index (Phi) is 6.03. The van der Waals surface area contributed by atoms with Gasteiger partial charge in [0.25, 0.3) is 11.5 Å². The number of pyridine rings is 2. The second kappa shape index (κ2) is 9.13. The summed E-state index contributed by atoms with van der Waals surface area (Å²) in [6.07, 6.45) is 4.40. The summed E-state index contributed by atoms with van der Waals surface area (Å²) in [5.74, 6) is -1.33. The lowest BCUT2D eigenvalue weighted by Crippen LogP contribution is -2.44. The van der Waals surface area contributed by atoms with Crippen LogP contribution < -0.4 is 15.8 Å². The van der Waals surface area contributed by atoms with Crippen LogP contribution >= 0.6 is 0 Å². The zero-order valence-electron chi connectivity index (χ0n) is 19.0. The number of benzene rings is 1. The maximum atomic E-state index is 14.3.